The highest BCUT2D eigenvalue weighted by Gasteiger charge is 2.43. The summed E-state index contributed by atoms with van der Waals surface area (Å²) in [6.45, 7) is 7.44. The van der Waals surface area contributed by atoms with Gasteiger partial charge < -0.3 is 14.5 Å². The molecule has 0 aliphatic carbocycles. The molecule has 1 N–H and O–H groups in total. The molecule has 0 amide bonds. The molecule has 108 valence electrons. The van der Waals surface area contributed by atoms with Crippen LogP contribution in [0.15, 0.2) is 4.79 Å². The van der Waals surface area contributed by atoms with Gasteiger partial charge in [0, 0.05) is 16.7 Å². The van der Waals surface area contributed by atoms with Gasteiger partial charge in [-0.05, 0) is 6.92 Å². The van der Waals surface area contributed by atoms with Crippen molar-refractivity contribution in [1.82, 2.24) is 4.98 Å². The lowest BCUT2D eigenvalue weighted by atomic mass is 9.83. The molecule has 0 saturated carbocycles. The number of esters is 2. The monoisotopic (exact) mass is 279 g/mol. The van der Waals surface area contributed by atoms with Gasteiger partial charge in [0.25, 0.3) is 5.56 Å². The van der Waals surface area contributed by atoms with E-state index in [1.807, 2.05) is 20.8 Å². The van der Waals surface area contributed by atoms with Gasteiger partial charge >= 0.3 is 11.9 Å². The quantitative estimate of drug-likeness (QED) is 0.791. The number of rotatable bonds is 1. The van der Waals surface area contributed by atoms with Crippen LogP contribution in [0.1, 0.15) is 58.8 Å². The second-order valence-corrected chi connectivity index (χ2v) is 5.89. The van der Waals surface area contributed by atoms with Gasteiger partial charge in [-0.15, -0.1) is 0 Å². The Morgan fingerprint density at radius 3 is 2.40 bits per heavy atom. The van der Waals surface area contributed by atoms with Crippen LogP contribution in [0.3, 0.4) is 0 Å². The van der Waals surface area contributed by atoms with Crippen LogP contribution in [0.5, 0.6) is 0 Å². The number of aromatic nitrogens is 1. The summed E-state index contributed by atoms with van der Waals surface area (Å²) in [5.74, 6) is -1.50. The topological polar surface area (TPSA) is 85.5 Å². The number of nitrogens with one attached hydrogen (secondary N) is 1. The Kier molecular flexibility index (Phi) is 3.20. The molecule has 6 heteroatoms. The Morgan fingerprint density at radius 1 is 1.30 bits per heavy atom. The molecule has 1 unspecified atom stereocenters. The highest BCUT2D eigenvalue weighted by atomic mass is 16.6. The Bertz CT molecular complexity index is 651. The largest absolute Gasteiger partial charge is 0.465 e. The van der Waals surface area contributed by atoms with Gasteiger partial charge in [0.05, 0.1) is 12.7 Å². The standard InChI is InChI=1S/C14H17NO5/c1-6-7-8(9(11(16)15-6)12(17)19-5)13(18)20-10(7)14(2,3)4/h10H,1-5H3,(H,15,16). The number of pyridine rings is 1. The van der Waals surface area contributed by atoms with Gasteiger partial charge in [0.15, 0.2) is 0 Å². The van der Waals surface area contributed by atoms with Crippen molar-refractivity contribution in [3.8, 4) is 0 Å². The molecule has 1 atom stereocenters. The summed E-state index contributed by atoms with van der Waals surface area (Å²) in [4.78, 5) is 38.4. The molecule has 0 spiro atoms. The lowest BCUT2D eigenvalue weighted by Gasteiger charge is -2.26. The van der Waals surface area contributed by atoms with Crippen molar-refractivity contribution in [3.63, 3.8) is 0 Å². The number of ether oxygens (including phenoxy) is 2. The maximum absolute atomic E-state index is 12.1. The second kappa shape index (κ2) is 4.47. The molecule has 1 aliphatic rings. The van der Waals surface area contributed by atoms with E-state index in [0.717, 1.165) is 7.11 Å². The molecule has 0 aromatic carbocycles. The van der Waals surface area contributed by atoms with Gasteiger partial charge in [-0.3, -0.25) is 4.79 Å². The summed E-state index contributed by atoms with van der Waals surface area (Å²) < 4.78 is 9.95. The van der Waals surface area contributed by atoms with Gasteiger partial charge in [0.2, 0.25) is 0 Å². The summed E-state index contributed by atoms with van der Waals surface area (Å²) in [6.07, 6.45) is -0.509. The predicted octanol–water partition coefficient (Wildman–Crippen LogP) is 1.73. The van der Waals surface area contributed by atoms with Crippen molar-refractivity contribution in [2.75, 3.05) is 7.11 Å². The van der Waals surface area contributed by atoms with E-state index in [0.29, 0.717) is 11.3 Å². The number of methoxy groups -OCH3 is 1. The minimum Gasteiger partial charge on any atom is -0.465 e. The Hall–Kier alpha value is -2.11. The number of hydrogen-bond acceptors (Lipinski definition) is 5. The van der Waals surface area contributed by atoms with E-state index < -0.39 is 23.6 Å². The minimum atomic E-state index is -0.839. The van der Waals surface area contributed by atoms with Crippen LogP contribution in [-0.4, -0.2) is 24.0 Å². The van der Waals surface area contributed by atoms with Gasteiger partial charge in [0.1, 0.15) is 11.7 Å². The van der Waals surface area contributed by atoms with Crippen LogP contribution >= 0.6 is 0 Å². The average Bonchev–Trinajstić information content (AvgIpc) is 2.67. The number of cyclic esters (lactones) is 1. The zero-order valence-corrected chi connectivity index (χ0v) is 12.1. The summed E-state index contributed by atoms with van der Waals surface area (Å²) >= 11 is 0. The third-order valence-corrected chi connectivity index (χ3v) is 3.32. The number of aryl methyl sites for hydroxylation is 1. The first-order valence-corrected chi connectivity index (χ1v) is 6.24. The lowest BCUT2D eigenvalue weighted by molar-refractivity contribution is 0.00744. The zero-order chi connectivity index (χ0) is 15.2. The van der Waals surface area contributed by atoms with E-state index in [9.17, 15) is 14.4 Å². The van der Waals surface area contributed by atoms with Crippen LogP contribution < -0.4 is 5.56 Å². The molecule has 2 heterocycles. The van der Waals surface area contributed by atoms with E-state index in [1.54, 1.807) is 6.92 Å². The molecular formula is C14H17NO5. The zero-order valence-electron chi connectivity index (χ0n) is 12.1. The Balaban J connectivity index is 2.80. The van der Waals surface area contributed by atoms with E-state index in [1.165, 1.54) is 0 Å². The first kappa shape index (κ1) is 14.3. The first-order valence-electron chi connectivity index (χ1n) is 6.24. The highest BCUT2D eigenvalue weighted by Crippen LogP contribution is 2.44. The van der Waals surface area contributed by atoms with Crippen molar-refractivity contribution in [1.29, 1.82) is 0 Å². The maximum atomic E-state index is 12.1. The van der Waals surface area contributed by atoms with Crippen LogP contribution in [0.4, 0.5) is 0 Å². The maximum Gasteiger partial charge on any atom is 0.344 e. The molecule has 1 aliphatic heterocycles. The number of fused-ring (bicyclic) bond motifs is 1. The van der Waals surface area contributed by atoms with E-state index in [2.05, 4.69) is 9.72 Å². The molecule has 6 nitrogen and oxygen atoms in total. The molecule has 0 bridgehead atoms. The normalized spacial score (nSPS) is 17.6. The molecule has 2 rings (SSSR count). The van der Waals surface area contributed by atoms with Crippen LogP contribution in [0.25, 0.3) is 0 Å². The number of aromatic amines is 1. The molecule has 0 fully saturated rings. The van der Waals surface area contributed by atoms with Crippen molar-refractivity contribution < 1.29 is 19.1 Å². The van der Waals surface area contributed by atoms with Crippen molar-refractivity contribution >= 4 is 11.9 Å². The molecule has 20 heavy (non-hydrogen) atoms. The van der Waals surface area contributed by atoms with Crippen molar-refractivity contribution in [3.05, 3.63) is 32.7 Å². The van der Waals surface area contributed by atoms with Crippen molar-refractivity contribution in [2.45, 2.75) is 33.8 Å². The fourth-order valence-electron chi connectivity index (χ4n) is 2.41. The van der Waals surface area contributed by atoms with Crippen LogP contribution in [0, 0.1) is 12.3 Å². The number of carbonyl (C=O) groups is 2. The minimum absolute atomic E-state index is 0.0259. The number of carbonyl (C=O) groups excluding carboxylic acids is 2. The Labute approximate surface area is 116 Å². The average molecular weight is 279 g/mol. The molecule has 0 saturated heterocycles. The lowest BCUT2D eigenvalue weighted by Crippen LogP contribution is -2.25. The molecule has 1 aromatic rings. The van der Waals surface area contributed by atoms with E-state index in [-0.39, 0.29) is 16.5 Å². The van der Waals surface area contributed by atoms with E-state index in [4.69, 9.17) is 4.74 Å². The van der Waals surface area contributed by atoms with Crippen molar-refractivity contribution in [2.24, 2.45) is 5.41 Å². The summed E-state index contributed by atoms with van der Waals surface area (Å²) in [5, 5.41) is 0. The predicted molar refractivity (Wildman–Crippen MR) is 70.8 cm³/mol. The molecule has 1 aromatic heterocycles. The van der Waals surface area contributed by atoms with Gasteiger partial charge in [-0.2, -0.15) is 0 Å². The van der Waals surface area contributed by atoms with Crippen LogP contribution in [-0.2, 0) is 9.47 Å². The fraction of sp³-hybridized carbons (Fsp3) is 0.500. The summed E-state index contributed by atoms with van der Waals surface area (Å²) in [7, 11) is 1.16. The first-order chi connectivity index (χ1) is 9.18. The summed E-state index contributed by atoms with van der Waals surface area (Å²) in [5.41, 5.74) is -0.162. The Morgan fingerprint density at radius 2 is 1.90 bits per heavy atom. The van der Waals surface area contributed by atoms with Crippen LogP contribution in [0.2, 0.25) is 0 Å². The van der Waals surface area contributed by atoms with E-state index >= 15 is 0 Å². The second-order valence-electron chi connectivity index (χ2n) is 5.89. The van der Waals surface area contributed by atoms with Gasteiger partial charge in [-0.25, -0.2) is 9.59 Å². The third-order valence-electron chi connectivity index (χ3n) is 3.32. The fourth-order valence-corrected chi connectivity index (χ4v) is 2.41. The van der Waals surface area contributed by atoms with Gasteiger partial charge in [-0.1, -0.05) is 20.8 Å². The number of H-pyrrole nitrogens is 1. The number of hydrogen-bond donors (Lipinski definition) is 1. The highest BCUT2D eigenvalue weighted by molar-refractivity contribution is 6.05. The SMILES string of the molecule is COC(=O)c1c2c(c(C)[nH]c1=O)C(C(C)(C)C)OC2=O. The molecule has 0 radical (unpaired) electrons. The third kappa shape index (κ3) is 2.01. The molecular weight excluding hydrogens is 262 g/mol. The summed E-state index contributed by atoms with van der Waals surface area (Å²) in [6, 6.07) is 0. The smallest absolute Gasteiger partial charge is 0.344 e.